The standard InChI is InChI=1S/C13H12Br2N2O/c1-18-13-7-11(16-8-17-13)6-12(15)9-2-4-10(14)5-3-9/h2-5,7-8,12H,6H2,1H3. The van der Waals surface area contributed by atoms with Crippen molar-refractivity contribution in [2.45, 2.75) is 11.2 Å². The lowest BCUT2D eigenvalue weighted by Crippen LogP contribution is -1.99. The van der Waals surface area contributed by atoms with Crippen LogP contribution < -0.4 is 4.74 Å². The predicted molar refractivity (Wildman–Crippen MR) is 78.1 cm³/mol. The van der Waals surface area contributed by atoms with Gasteiger partial charge in [-0.3, -0.25) is 0 Å². The number of ether oxygens (including phenoxy) is 1. The molecule has 0 saturated heterocycles. The van der Waals surface area contributed by atoms with Crippen LogP contribution in [0.3, 0.4) is 0 Å². The number of hydrogen-bond donors (Lipinski definition) is 0. The van der Waals surface area contributed by atoms with Gasteiger partial charge >= 0.3 is 0 Å². The van der Waals surface area contributed by atoms with Gasteiger partial charge in [0.05, 0.1) is 7.11 Å². The molecule has 0 aliphatic rings. The Hall–Kier alpha value is -0.940. The smallest absolute Gasteiger partial charge is 0.216 e. The van der Waals surface area contributed by atoms with Gasteiger partial charge in [0.25, 0.3) is 0 Å². The summed E-state index contributed by atoms with van der Waals surface area (Å²) in [6.45, 7) is 0. The molecule has 2 aromatic rings. The fourth-order valence-electron chi connectivity index (χ4n) is 1.57. The molecule has 0 bridgehead atoms. The van der Waals surface area contributed by atoms with Crippen LogP contribution in [0.4, 0.5) is 0 Å². The molecule has 0 N–H and O–H groups in total. The fraction of sp³-hybridized carbons (Fsp3) is 0.231. The molecule has 0 spiro atoms. The second kappa shape index (κ2) is 6.29. The van der Waals surface area contributed by atoms with Crippen LogP contribution in [0.15, 0.2) is 41.1 Å². The van der Waals surface area contributed by atoms with Gasteiger partial charge in [-0.1, -0.05) is 44.0 Å². The summed E-state index contributed by atoms with van der Waals surface area (Å²) >= 11 is 7.11. The molecule has 1 unspecified atom stereocenters. The van der Waals surface area contributed by atoms with E-state index in [2.05, 4.69) is 54.0 Å². The molecule has 0 saturated carbocycles. The number of rotatable bonds is 4. The van der Waals surface area contributed by atoms with Crippen LogP contribution in [-0.2, 0) is 6.42 Å². The normalized spacial score (nSPS) is 12.2. The van der Waals surface area contributed by atoms with E-state index in [0.29, 0.717) is 5.88 Å². The molecule has 94 valence electrons. The Morgan fingerprint density at radius 3 is 2.61 bits per heavy atom. The van der Waals surface area contributed by atoms with Crippen molar-refractivity contribution in [3.05, 3.63) is 52.4 Å². The van der Waals surface area contributed by atoms with Crippen LogP contribution in [0.1, 0.15) is 16.1 Å². The summed E-state index contributed by atoms with van der Waals surface area (Å²) in [6.07, 6.45) is 2.32. The number of hydrogen-bond acceptors (Lipinski definition) is 3. The molecule has 18 heavy (non-hydrogen) atoms. The maximum atomic E-state index is 5.09. The monoisotopic (exact) mass is 370 g/mol. The van der Waals surface area contributed by atoms with Crippen molar-refractivity contribution in [3.8, 4) is 5.88 Å². The molecule has 1 aromatic carbocycles. The van der Waals surface area contributed by atoms with Crippen molar-refractivity contribution in [3.63, 3.8) is 0 Å². The van der Waals surface area contributed by atoms with E-state index in [1.165, 1.54) is 11.9 Å². The Morgan fingerprint density at radius 1 is 1.22 bits per heavy atom. The molecule has 0 fully saturated rings. The number of benzene rings is 1. The maximum absolute atomic E-state index is 5.09. The molecular formula is C13H12Br2N2O. The molecule has 0 radical (unpaired) electrons. The molecule has 3 nitrogen and oxygen atoms in total. The van der Waals surface area contributed by atoms with E-state index in [9.17, 15) is 0 Å². The predicted octanol–water partition coefficient (Wildman–Crippen LogP) is 3.93. The van der Waals surface area contributed by atoms with E-state index in [1.54, 1.807) is 7.11 Å². The lowest BCUT2D eigenvalue weighted by Gasteiger charge is -2.10. The van der Waals surface area contributed by atoms with Gasteiger partial charge in [0, 0.05) is 27.5 Å². The van der Waals surface area contributed by atoms with Gasteiger partial charge in [-0.25, -0.2) is 9.97 Å². The lowest BCUT2D eigenvalue weighted by molar-refractivity contribution is 0.396. The largest absolute Gasteiger partial charge is 0.481 e. The summed E-state index contributed by atoms with van der Waals surface area (Å²) in [5.74, 6) is 0.593. The zero-order valence-electron chi connectivity index (χ0n) is 9.81. The summed E-state index contributed by atoms with van der Waals surface area (Å²) < 4.78 is 6.16. The van der Waals surface area contributed by atoms with Gasteiger partial charge in [0.2, 0.25) is 5.88 Å². The van der Waals surface area contributed by atoms with Crippen molar-refractivity contribution >= 4 is 31.9 Å². The van der Waals surface area contributed by atoms with Crippen LogP contribution >= 0.6 is 31.9 Å². The number of nitrogens with zero attached hydrogens (tertiary/aromatic N) is 2. The molecule has 1 atom stereocenters. The van der Waals surface area contributed by atoms with E-state index in [1.807, 2.05) is 18.2 Å². The molecule has 0 aliphatic carbocycles. The molecule has 1 heterocycles. The first-order valence-electron chi connectivity index (χ1n) is 5.43. The number of methoxy groups -OCH3 is 1. The molecule has 0 amide bonds. The summed E-state index contributed by atoms with van der Waals surface area (Å²) in [6, 6.07) is 10.1. The summed E-state index contributed by atoms with van der Waals surface area (Å²) in [5.41, 5.74) is 2.17. The molecule has 5 heteroatoms. The van der Waals surface area contributed by atoms with Crippen LogP contribution in [0.25, 0.3) is 0 Å². The van der Waals surface area contributed by atoms with Crippen LogP contribution in [-0.4, -0.2) is 17.1 Å². The molecule has 0 aliphatic heterocycles. The van der Waals surface area contributed by atoms with E-state index >= 15 is 0 Å². The van der Waals surface area contributed by atoms with Crippen molar-refractivity contribution in [2.75, 3.05) is 7.11 Å². The van der Waals surface area contributed by atoms with Crippen molar-refractivity contribution in [1.29, 1.82) is 0 Å². The second-order valence-corrected chi connectivity index (χ2v) is 5.80. The number of halogens is 2. The summed E-state index contributed by atoms with van der Waals surface area (Å²) in [5, 5.41) is 0. The first-order chi connectivity index (χ1) is 8.69. The van der Waals surface area contributed by atoms with E-state index in [4.69, 9.17) is 4.74 Å². The van der Waals surface area contributed by atoms with Crippen LogP contribution in [0, 0.1) is 0 Å². The fourth-order valence-corrected chi connectivity index (χ4v) is 2.47. The number of aromatic nitrogens is 2. The van der Waals surface area contributed by atoms with E-state index in [-0.39, 0.29) is 4.83 Å². The average Bonchev–Trinajstić information content (AvgIpc) is 2.39. The average molecular weight is 372 g/mol. The zero-order valence-corrected chi connectivity index (χ0v) is 13.0. The minimum absolute atomic E-state index is 0.227. The maximum Gasteiger partial charge on any atom is 0.216 e. The third-order valence-corrected chi connectivity index (χ3v) is 3.91. The quantitative estimate of drug-likeness (QED) is 0.764. The minimum atomic E-state index is 0.227. The molecular weight excluding hydrogens is 360 g/mol. The Bertz CT molecular complexity index is 517. The van der Waals surface area contributed by atoms with Crippen molar-refractivity contribution in [2.24, 2.45) is 0 Å². The van der Waals surface area contributed by atoms with Gasteiger partial charge in [0.1, 0.15) is 6.33 Å². The van der Waals surface area contributed by atoms with Gasteiger partial charge in [-0.05, 0) is 17.7 Å². The highest BCUT2D eigenvalue weighted by Gasteiger charge is 2.10. The Balaban J connectivity index is 2.10. The van der Waals surface area contributed by atoms with E-state index in [0.717, 1.165) is 16.6 Å². The topological polar surface area (TPSA) is 35.0 Å². The summed E-state index contributed by atoms with van der Waals surface area (Å²) in [4.78, 5) is 8.46. The van der Waals surface area contributed by atoms with Crippen molar-refractivity contribution < 1.29 is 4.74 Å². The third kappa shape index (κ3) is 3.53. The third-order valence-electron chi connectivity index (χ3n) is 2.53. The van der Waals surface area contributed by atoms with Crippen LogP contribution in [0.5, 0.6) is 5.88 Å². The minimum Gasteiger partial charge on any atom is -0.481 e. The summed E-state index contributed by atoms with van der Waals surface area (Å²) in [7, 11) is 1.60. The van der Waals surface area contributed by atoms with E-state index < -0.39 is 0 Å². The Labute approximate surface area is 123 Å². The lowest BCUT2D eigenvalue weighted by atomic mass is 10.1. The van der Waals surface area contributed by atoms with Gasteiger partial charge < -0.3 is 4.74 Å². The zero-order chi connectivity index (χ0) is 13.0. The molecule has 2 rings (SSSR count). The highest BCUT2D eigenvalue weighted by molar-refractivity contribution is 9.10. The SMILES string of the molecule is COc1cc(CC(Br)c2ccc(Br)cc2)ncn1. The van der Waals surface area contributed by atoms with Crippen LogP contribution in [0.2, 0.25) is 0 Å². The van der Waals surface area contributed by atoms with Crippen molar-refractivity contribution in [1.82, 2.24) is 9.97 Å². The van der Waals surface area contributed by atoms with Gasteiger partial charge in [0.15, 0.2) is 0 Å². The molecule has 1 aromatic heterocycles. The highest BCUT2D eigenvalue weighted by atomic mass is 79.9. The highest BCUT2D eigenvalue weighted by Crippen LogP contribution is 2.27. The first-order valence-corrected chi connectivity index (χ1v) is 7.14. The van der Waals surface area contributed by atoms with Gasteiger partial charge in [-0.2, -0.15) is 0 Å². The van der Waals surface area contributed by atoms with Gasteiger partial charge in [-0.15, -0.1) is 0 Å². The number of alkyl halides is 1. The second-order valence-electron chi connectivity index (χ2n) is 3.77. The first kappa shape index (κ1) is 13.5. The Morgan fingerprint density at radius 2 is 1.94 bits per heavy atom. The Kier molecular flexibility index (Phi) is 4.72.